The number of rotatable bonds is 1. The first-order valence-electron chi connectivity index (χ1n) is 4.24. The zero-order valence-corrected chi connectivity index (χ0v) is 7.86. The molecule has 1 nitrogen and oxygen atoms in total. The molecule has 0 aromatic rings. The predicted octanol–water partition coefficient (Wildman–Crippen LogP) is 1.41. The highest BCUT2D eigenvalue weighted by Crippen LogP contribution is 2.52. The monoisotopic (exact) mass is 168 g/mol. The van der Waals surface area contributed by atoms with Gasteiger partial charge in [-0.25, -0.2) is 0 Å². The molecule has 60 valence electrons. The number of hydrogen-bond donors (Lipinski definition) is 0. The minimum absolute atomic E-state index is 0.0105. The minimum atomic E-state index is -0.0105. The van der Waals surface area contributed by atoms with Crippen LogP contribution >= 0.6 is 11.8 Å². The molecule has 3 heteroatoms. The molecule has 2 aliphatic rings. The maximum absolute atomic E-state index is 5.83. The van der Waals surface area contributed by atoms with Crippen molar-refractivity contribution in [3.05, 3.63) is 0 Å². The van der Waals surface area contributed by atoms with Gasteiger partial charge in [0.15, 0.2) is 0 Å². The van der Waals surface area contributed by atoms with Crippen molar-refractivity contribution in [3.8, 4) is 0 Å². The molecule has 4 atom stereocenters. The summed E-state index contributed by atoms with van der Waals surface area (Å²) in [6.45, 7) is 4.46. The highest BCUT2D eigenvalue weighted by molar-refractivity contribution is 8.00. The van der Waals surface area contributed by atoms with Crippen LogP contribution < -0.4 is 0 Å². The maximum atomic E-state index is 5.83. The zero-order chi connectivity index (χ0) is 8.06. The normalized spacial score (nSPS) is 55.3. The second kappa shape index (κ2) is 2.43. The molecular formula is C8H13BOS. The van der Waals surface area contributed by atoms with E-state index in [1.807, 2.05) is 11.8 Å². The molecular weight excluding hydrogens is 155 g/mol. The fraction of sp³-hybridized carbons (Fsp3) is 1.00. The van der Waals surface area contributed by atoms with Gasteiger partial charge in [0.05, 0.1) is 5.60 Å². The van der Waals surface area contributed by atoms with Gasteiger partial charge in [-0.1, -0.05) is 13.8 Å². The smallest absolute Gasteiger partial charge is 0.110 e. The van der Waals surface area contributed by atoms with Crippen molar-refractivity contribution in [2.24, 2.45) is 5.92 Å². The second-order valence-electron chi connectivity index (χ2n) is 3.57. The molecule has 2 heterocycles. The van der Waals surface area contributed by atoms with E-state index in [0.29, 0.717) is 11.2 Å². The summed E-state index contributed by atoms with van der Waals surface area (Å²) in [5, 5.41) is 0.551. The maximum Gasteiger partial charge on any atom is 0.110 e. The molecule has 0 aromatic heterocycles. The van der Waals surface area contributed by atoms with Gasteiger partial charge in [-0.05, 0) is 12.3 Å². The van der Waals surface area contributed by atoms with Crippen molar-refractivity contribution in [3.63, 3.8) is 0 Å². The zero-order valence-electron chi connectivity index (χ0n) is 7.04. The number of ether oxygens (including phenoxy) is 1. The van der Waals surface area contributed by atoms with Crippen LogP contribution in [0, 0.1) is 5.92 Å². The van der Waals surface area contributed by atoms with E-state index in [0.717, 1.165) is 12.2 Å². The highest BCUT2D eigenvalue weighted by Gasteiger charge is 2.55. The fourth-order valence-corrected chi connectivity index (χ4v) is 3.97. The molecule has 2 radical (unpaired) electrons. The predicted molar refractivity (Wildman–Crippen MR) is 49.1 cm³/mol. The largest absolute Gasteiger partial charge is 0.379 e. The Balaban J connectivity index is 2.24. The Labute approximate surface area is 73.7 Å². The van der Waals surface area contributed by atoms with Crippen molar-refractivity contribution < 1.29 is 4.74 Å². The SMILES string of the molecule is [B][C@@H]1O[C@@]2(CC)CS[C@@H]1C2C. The van der Waals surface area contributed by atoms with Gasteiger partial charge < -0.3 is 4.74 Å². The summed E-state index contributed by atoms with van der Waals surface area (Å²) in [6.07, 6.45) is 1.10. The lowest BCUT2D eigenvalue weighted by molar-refractivity contribution is -0.0154. The van der Waals surface area contributed by atoms with Crippen molar-refractivity contribution >= 4 is 19.6 Å². The highest BCUT2D eigenvalue weighted by atomic mass is 32.2. The summed E-state index contributed by atoms with van der Waals surface area (Å²) in [4.78, 5) is 0. The van der Waals surface area contributed by atoms with Gasteiger partial charge in [-0.15, -0.1) is 0 Å². The average molecular weight is 168 g/mol. The first-order valence-corrected chi connectivity index (χ1v) is 5.29. The topological polar surface area (TPSA) is 9.23 Å². The standard InChI is InChI=1S/C8H13BOS/c1-3-8-4-11-6(5(8)2)7(9)10-8/h5-7H,3-4H2,1-2H3/t5?,6-,7-,8+/m1/s1. The van der Waals surface area contributed by atoms with Gasteiger partial charge in [0.2, 0.25) is 0 Å². The molecule has 0 aromatic carbocycles. The Bertz CT molecular complexity index is 175. The summed E-state index contributed by atoms with van der Waals surface area (Å²) in [5.74, 6) is 1.79. The summed E-state index contributed by atoms with van der Waals surface area (Å²) in [7, 11) is 5.83. The van der Waals surface area contributed by atoms with E-state index in [2.05, 4.69) is 13.8 Å². The van der Waals surface area contributed by atoms with Crippen LogP contribution in [0.15, 0.2) is 0 Å². The molecule has 2 fully saturated rings. The van der Waals surface area contributed by atoms with Crippen LogP contribution in [0.25, 0.3) is 0 Å². The third kappa shape index (κ3) is 0.904. The summed E-state index contributed by atoms with van der Waals surface area (Å²) in [6, 6.07) is -0.0105. The molecule has 0 N–H and O–H groups in total. The summed E-state index contributed by atoms with van der Waals surface area (Å²) < 4.78 is 5.77. The Morgan fingerprint density at radius 3 is 2.73 bits per heavy atom. The molecule has 2 bridgehead atoms. The lowest BCUT2D eigenvalue weighted by atomic mass is 9.85. The van der Waals surface area contributed by atoms with Crippen molar-refractivity contribution in [2.75, 3.05) is 5.75 Å². The lowest BCUT2D eigenvalue weighted by Crippen LogP contribution is -2.35. The Kier molecular flexibility index (Phi) is 1.77. The van der Waals surface area contributed by atoms with Gasteiger partial charge in [-0.3, -0.25) is 0 Å². The summed E-state index contributed by atoms with van der Waals surface area (Å²) >= 11 is 1.98. The van der Waals surface area contributed by atoms with Gasteiger partial charge in [0.1, 0.15) is 7.85 Å². The molecule has 2 rings (SSSR count). The average Bonchev–Trinajstić information content (AvgIpc) is 2.42. The molecule has 0 amide bonds. The van der Waals surface area contributed by atoms with Crippen molar-refractivity contribution in [1.82, 2.24) is 0 Å². The first kappa shape index (κ1) is 8.00. The van der Waals surface area contributed by atoms with Crippen LogP contribution in [-0.4, -0.2) is 30.5 Å². The summed E-state index contributed by atoms with van der Waals surface area (Å²) in [5.41, 5.74) is 0.120. The van der Waals surface area contributed by atoms with Gasteiger partial charge >= 0.3 is 0 Å². The van der Waals surface area contributed by atoms with Crippen LogP contribution in [0.2, 0.25) is 0 Å². The van der Waals surface area contributed by atoms with Crippen LogP contribution in [0.5, 0.6) is 0 Å². The van der Waals surface area contributed by atoms with Crippen LogP contribution in [0.4, 0.5) is 0 Å². The quantitative estimate of drug-likeness (QED) is 0.547. The molecule has 0 saturated carbocycles. The van der Waals surface area contributed by atoms with Crippen LogP contribution in [0.3, 0.4) is 0 Å². The molecule has 0 aliphatic carbocycles. The van der Waals surface area contributed by atoms with E-state index in [1.54, 1.807) is 0 Å². The Morgan fingerprint density at radius 2 is 2.45 bits per heavy atom. The number of thioether (sulfide) groups is 1. The Hall–Kier alpha value is 0.375. The third-order valence-corrected chi connectivity index (χ3v) is 4.85. The molecule has 1 unspecified atom stereocenters. The van der Waals surface area contributed by atoms with E-state index in [-0.39, 0.29) is 11.6 Å². The lowest BCUT2D eigenvalue weighted by Gasteiger charge is -2.29. The van der Waals surface area contributed by atoms with E-state index in [9.17, 15) is 0 Å². The van der Waals surface area contributed by atoms with Crippen LogP contribution in [0.1, 0.15) is 20.3 Å². The molecule has 0 spiro atoms. The van der Waals surface area contributed by atoms with Gasteiger partial charge in [0.25, 0.3) is 0 Å². The van der Waals surface area contributed by atoms with Crippen LogP contribution in [-0.2, 0) is 4.74 Å². The molecule has 2 saturated heterocycles. The van der Waals surface area contributed by atoms with Gasteiger partial charge in [-0.2, -0.15) is 11.8 Å². The minimum Gasteiger partial charge on any atom is -0.379 e. The van der Waals surface area contributed by atoms with E-state index < -0.39 is 0 Å². The number of hydrogen-bond acceptors (Lipinski definition) is 2. The molecule has 11 heavy (non-hydrogen) atoms. The Morgan fingerprint density at radius 1 is 1.73 bits per heavy atom. The third-order valence-electron chi connectivity index (χ3n) is 3.14. The van der Waals surface area contributed by atoms with Crippen molar-refractivity contribution in [1.29, 1.82) is 0 Å². The van der Waals surface area contributed by atoms with E-state index >= 15 is 0 Å². The second-order valence-corrected chi connectivity index (χ2v) is 4.73. The van der Waals surface area contributed by atoms with Crippen molar-refractivity contribution in [2.45, 2.75) is 37.1 Å². The fourth-order valence-electron chi connectivity index (χ4n) is 2.18. The van der Waals surface area contributed by atoms with E-state index in [1.165, 1.54) is 0 Å². The first-order chi connectivity index (χ1) is 5.19. The number of fused-ring (bicyclic) bond motifs is 2. The van der Waals surface area contributed by atoms with E-state index in [4.69, 9.17) is 12.6 Å². The van der Waals surface area contributed by atoms with Gasteiger partial charge in [0, 0.05) is 17.0 Å². The molecule has 2 aliphatic heterocycles.